The third-order valence-electron chi connectivity index (χ3n) is 1.15. The van der Waals surface area contributed by atoms with Crippen molar-refractivity contribution in [1.82, 2.24) is 0 Å². The van der Waals surface area contributed by atoms with Crippen LogP contribution in [0.1, 0.15) is 19.3 Å². The molecule has 2 nitrogen and oxygen atoms in total. The molecular weight excluding hydrogens is 178 g/mol. The molecular formula is C6H9ClF2O2. The first-order valence-electron chi connectivity index (χ1n) is 3.19. The van der Waals surface area contributed by atoms with Crippen molar-refractivity contribution >= 4 is 17.6 Å². The average Bonchev–Trinajstić information content (AvgIpc) is 1.86. The molecule has 1 N–H and O–H groups in total. The molecule has 0 rings (SSSR count). The lowest BCUT2D eigenvalue weighted by Gasteiger charge is -2.02. The van der Waals surface area contributed by atoms with Gasteiger partial charge >= 0.3 is 5.97 Å². The van der Waals surface area contributed by atoms with E-state index in [9.17, 15) is 13.6 Å². The van der Waals surface area contributed by atoms with Crippen LogP contribution in [0, 0.1) is 0 Å². The summed E-state index contributed by atoms with van der Waals surface area (Å²) >= 11 is 5.25. The molecule has 0 saturated heterocycles. The van der Waals surface area contributed by atoms with E-state index in [1.165, 1.54) is 0 Å². The maximum Gasteiger partial charge on any atom is 0.321 e. The predicted molar refractivity (Wildman–Crippen MR) is 37.1 cm³/mol. The molecule has 0 aliphatic carbocycles. The van der Waals surface area contributed by atoms with Crippen LogP contribution < -0.4 is 0 Å². The van der Waals surface area contributed by atoms with Crippen LogP contribution in [0.25, 0.3) is 0 Å². The van der Waals surface area contributed by atoms with Crippen molar-refractivity contribution in [3.8, 4) is 0 Å². The molecule has 0 aromatic heterocycles. The molecule has 0 aliphatic heterocycles. The molecule has 0 radical (unpaired) electrons. The minimum absolute atomic E-state index is 0.0984. The second-order valence-corrected chi connectivity index (χ2v) is 2.65. The molecule has 0 amide bonds. The lowest BCUT2D eigenvalue weighted by Crippen LogP contribution is -2.13. The highest BCUT2D eigenvalue weighted by atomic mass is 35.5. The van der Waals surface area contributed by atoms with E-state index in [4.69, 9.17) is 16.7 Å². The van der Waals surface area contributed by atoms with E-state index in [0.717, 1.165) is 0 Å². The highest BCUT2D eigenvalue weighted by molar-refractivity contribution is 6.29. The summed E-state index contributed by atoms with van der Waals surface area (Å²) in [5, 5.41) is 7.19. The fraction of sp³-hybridized carbons (Fsp3) is 0.833. The monoisotopic (exact) mass is 186 g/mol. The number of carboxylic acids is 1. The Morgan fingerprint density at radius 3 is 2.36 bits per heavy atom. The van der Waals surface area contributed by atoms with Crippen LogP contribution in [0.15, 0.2) is 0 Å². The van der Waals surface area contributed by atoms with Gasteiger partial charge < -0.3 is 5.11 Å². The Hall–Kier alpha value is -0.380. The molecule has 0 aromatic rings. The molecule has 11 heavy (non-hydrogen) atoms. The molecule has 1 atom stereocenters. The Kier molecular flexibility index (Phi) is 5.11. The fourth-order valence-corrected chi connectivity index (χ4v) is 0.729. The summed E-state index contributed by atoms with van der Waals surface area (Å²) in [5.74, 6) is -1.15. The molecule has 0 aliphatic rings. The van der Waals surface area contributed by atoms with Gasteiger partial charge in [0.1, 0.15) is 5.38 Å². The van der Waals surface area contributed by atoms with Crippen molar-refractivity contribution in [2.75, 3.05) is 0 Å². The van der Waals surface area contributed by atoms with Crippen LogP contribution in [0.4, 0.5) is 8.78 Å². The number of carbonyl (C=O) groups is 1. The molecule has 0 bridgehead atoms. The quantitative estimate of drug-likeness (QED) is 0.668. The summed E-state index contributed by atoms with van der Waals surface area (Å²) in [6.45, 7) is 0. The van der Waals surface area contributed by atoms with E-state index >= 15 is 0 Å². The number of alkyl halides is 3. The van der Waals surface area contributed by atoms with Crippen LogP contribution in [0.5, 0.6) is 0 Å². The molecule has 0 fully saturated rings. The second-order valence-electron chi connectivity index (χ2n) is 2.13. The molecule has 0 spiro atoms. The minimum Gasteiger partial charge on any atom is -0.480 e. The van der Waals surface area contributed by atoms with Crippen molar-refractivity contribution in [3.05, 3.63) is 0 Å². The van der Waals surface area contributed by atoms with E-state index < -0.39 is 17.8 Å². The zero-order valence-electron chi connectivity index (χ0n) is 5.77. The van der Waals surface area contributed by atoms with Crippen LogP contribution in [0.3, 0.4) is 0 Å². The predicted octanol–water partition coefficient (Wildman–Crippen LogP) is 2.11. The van der Waals surface area contributed by atoms with E-state index in [-0.39, 0.29) is 19.3 Å². The lowest BCUT2D eigenvalue weighted by atomic mass is 10.2. The number of hydrogen-bond donors (Lipinski definition) is 1. The maximum atomic E-state index is 11.5. The fourth-order valence-electron chi connectivity index (χ4n) is 0.575. The summed E-state index contributed by atoms with van der Waals surface area (Å²) < 4.78 is 23.0. The van der Waals surface area contributed by atoms with Gasteiger partial charge in [-0.3, -0.25) is 4.79 Å². The number of carboxylic acid groups (broad SMARTS) is 1. The van der Waals surface area contributed by atoms with Crippen LogP contribution in [0.2, 0.25) is 0 Å². The van der Waals surface area contributed by atoms with E-state index in [1.807, 2.05) is 0 Å². The third kappa shape index (κ3) is 6.04. The van der Waals surface area contributed by atoms with Gasteiger partial charge in [0.05, 0.1) is 0 Å². The maximum absolute atomic E-state index is 11.5. The Morgan fingerprint density at radius 2 is 2.00 bits per heavy atom. The molecule has 5 heteroatoms. The van der Waals surface area contributed by atoms with Gasteiger partial charge in [0.2, 0.25) is 6.43 Å². The number of hydrogen-bond acceptors (Lipinski definition) is 1. The molecule has 66 valence electrons. The number of rotatable bonds is 5. The summed E-state index contributed by atoms with van der Waals surface area (Å²) in [6, 6.07) is 0. The molecule has 0 aromatic carbocycles. The van der Waals surface area contributed by atoms with Gasteiger partial charge in [0.15, 0.2) is 0 Å². The summed E-state index contributed by atoms with van der Waals surface area (Å²) in [4.78, 5) is 10.1. The van der Waals surface area contributed by atoms with Crippen molar-refractivity contribution in [1.29, 1.82) is 0 Å². The van der Waals surface area contributed by atoms with Crippen molar-refractivity contribution in [2.45, 2.75) is 31.1 Å². The highest BCUT2D eigenvalue weighted by Gasteiger charge is 2.13. The van der Waals surface area contributed by atoms with Gasteiger partial charge in [-0.2, -0.15) is 0 Å². The third-order valence-corrected chi connectivity index (χ3v) is 1.55. The van der Waals surface area contributed by atoms with Crippen molar-refractivity contribution in [2.24, 2.45) is 0 Å². The van der Waals surface area contributed by atoms with Gasteiger partial charge in [-0.15, -0.1) is 11.6 Å². The summed E-state index contributed by atoms with van der Waals surface area (Å²) in [5.41, 5.74) is 0. The highest BCUT2D eigenvalue weighted by Crippen LogP contribution is 2.11. The zero-order chi connectivity index (χ0) is 8.85. The van der Waals surface area contributed by atoms with Crippen LogP contribution >= 0.6 is 11.6 Å². The molecule has 0 saturated carbocycles. The normalized spacial score (nSPS) is 13.5. The van der Waals surface area contributed by atoms with Gasteiger partial charge in [0, 0.05) is 6.42 Å². The first-order valence-corrected chi connectivity index (χ1v) is 3.62. The van der Waals surface area contributed by atoms with Crippen molar-refractivity contribution < 1.29 is 18.7 Å². The molecule has 0 heterocycles. The van der Waals surface area contributed by atoms with Gasteiger partial charge in [-0.1, -0.05) is 0 Å². The Labute approximate surface area is 68.2 Å². The van der Waals surface area contributed by atoms with E-state index in [1.54, 1.807) is 0 Å². The lowest BCUT2D eigenvalue weighted by molar-refractivity contribution is -0.136. The van der Waals surface area contributed by atoms with Crippen LogP contribution in [-0.4, -0.2) is 22.9 Å². The Morgan fingerprint density at radius 1 is 1.45 bits per heavy atom. The Bertz CT molecular complexity index is 130. The molecule has 1 unspecified atom stereocenters. The Balaban J connectivity index is 3.31. The average molecular weight is 187 g/mol. The first-order chi connectivity index (χ1) is 5.04. The van der Waals surface area contributed by atoms with Crippen molar-refractivity contribution in [3.63, 3.8) is 0 Å². The smallest absolute Gasteiger partial charge is 0.321 e. The van der Waals surface area contributed by atoms with Crippen LogP contribution in [-0.2, 0) is 4.79 Å². The SMILES string of the molecule is O=C(O)C(Cl)CCCC(F)F. The van der Waals surface area contributed by atoms with Gasteiger partial charge in [-0.05, 0) is 12.8 Å². The summed E-state index contributed by atoms with van der Waals surface area (Å²) in [6.07, 6.45) is -2.40. The van der Waals surface area contributed by atoms with Gasteiger partial charge in [-0.25, -0.2) is 8.78 Å². The van der Waals surface area contributed by atoms with E-state index in [2.05, 4.69) is 0 Å². The number of halogens is 3. The first kappa shape index (κ1) is 10.6. The summed E-state index contributed by atoms with van der Waals surface area (Å²) in [7, 11) is 0. The minimum atomic E-state index is -2.37. The zero-order valence-corrected chi connectivity index (χ0v) is 6.52. The standard InChI is InChI=1S/C6H9ClF2O2/c7-4(6(10)11)2-1-3-5(8)9/h4-5H,1-3H2,(H,10,11). The van der Waals surface area contributed by atoms with E-state index in [0.29, 0.717) is 0 Å². The number of aliphatic carboxylic acids is 1. The topological polar surface area (TPSA) is 37.3 Å². The largest absolute Gasteiger partial charge is 0.480 e. The second kappa shape index (κ2) is 5.29. The van der Waals surface area contributed by atoms with Gasteiger partial charge in [0.25, 0.3) is 0 Å².